The number of hydrogen-bond donors (Lipinski definition) is 0. The molecule has 194 valence electrons. The average Bonchev–Trinajstić information content (AvgIpc) is 3.74. The molecule has 0 nitrogen and oxygen atoms in total. The zero-order valence-electron chi connectivity index (χ0n) is 22.8. The molecule has 0 aliphatic heterocycles. The third-order valence-corrected chi connectivity index (χ3v) is 11.0. The number of hydrogen-bond acceptors (Lipinski definition) is 3. The van der Waals surface area contributed by atoms with Crippen molar-refractivity contribution in [2.24, 2.45) is 0 Å². The summed E-state index contributed by atoms with van der Waals surface area (Å²) in [6.07, 6.45) is 0. The molecule has 0 saturated carbocycles. The second-order valence-electron chi connectivity index (χ2n) is 10.6. The maximum atomic E-state index is 2.43. The molecule has 3 heteroatoms. The second-order valence-corrected chi connectivity index (χ2v) is 13.7. The third kappa shape index (κ3) is 5.32. The Bertz CT molecular complexity index is 1680. The Morgan fingerprint density at radius 2 is 1.26 bits per heavy atom. The SMILES string of the molecule is CC(C)c1ccc(-c2ccc(-c3ccccc3)c(-c3cc(-c4ccc(C(C)C)s4)sc3-c3cccs3)c2)cc1. The summed E-state index contributed by atoms with van der Waals surface area (Å²) in [5.74, 6) is 1.07. The van der Waals surface area contributed by atoms with Crippen molar-refractivity contribution in [3.05, 3.63) is 119 Å². The monoisotopic (exact) mass is 560 g/mol. The smallest absolute Gasteiger partial charge is 0.0528 e. The van der Waals surface area contributed by atoms with Gasteiger partial charge < -0.3 is 0 Å². The Morgan fingerprint density at radius 1 is 0.487 bits per heavy atom. The van der Waals surface area contributed by atoms with Crippen LogP contribution in [0.2, 0.25) is 0 Å². The quantitative estimate of drug-likeness (QED) is 0.182. The fourth-order valence-electron chi connectivity index (χ4n) is 4.98. The average molecular weight is 561 g/mol. The summed E-state index contributed by atoms with van der Waals surface area (Å²) in [5, 5.41) is 2.19. The van der Waals surface area contributed by atoms with Crippen LogP contribution in [0.25, 0.3) is 52.9 Å². The standard InChI is InChI=1S/C36H32S3/c1-23(2)25-12-14-26(15-13-25)28-16-17-29(27-9-6-5-7-10-27)30(21-28)31-22-35(33-19-18-32(38-33)24(3)4)39-36(31)34-11-8-20-37-34/h5-24H,1-4H3. The molecule has 0 aliphatic rings. The molecule has 3 heterocycles. The van der Waals surface area contributed by atoms with Gasteiger partial charge in [0.15, 0.2) is 0 Å². The van der Waals surface area contributed by atoms with Crippen molar-refractivity contribution in [3.63, 3.8) is 0 Å². The molecular weight excluding hydrogens is 529 g/mol. The molecule has 0 atom stereocenters. The van der Waals surface area contributed by atoms with Gasteiger partial charge in [0, 0.05) is 25.1 Å². The highest BCUT2D eigenvalue weighted by molar-refractivity contribution is 7.26. The van der Waals surface area contributed by atoms with Crippen LogP contribution in [0.1, 0.15) is 50.0 Å². The van der Waals surface area contributed by atoms with Crippen molar-refractivity contribution >= 4 is 34.0 Å². The van der Waals surface area contributed by atoms with E-state index in [2.05, 4.69) is 136 Å². The van der Waals surface area contributed by atoms with Gasteiger partial charge in [-0.3, -0.25) is 0 Å². The molecule has 0 aliphatic carbocycles. The summed E-state index contributed by atoms with van der Waals surface area (Å²) in [5.41, 5.74) is 9.01. The van der Waals surface area contributed by atoms with Crippen LogP contribution < -0.4 is 0 Å². The first-order valence-corrected chi connectivity index (χ1v) is 16.1. The lowest BCUT2D eigenvalue weighted by atomic mass is 9.90. The normalized spacial score (nSPS) is 11.5. The molecule has 0 unspecified atom stereocenters. The molecule has 6 rings (SSSR count). The van der Waals surface area contributed by atoms with E-state index >= 15 is 0 Å². The summed E-state index contributed by atoms with van der Waals surface area (Å²) >= 11 is 5.67. The fourth-order valence-corrected chi connectivity index (χ4v) is 8.11. The molecule has 0 bridgehead atoms. The van der Waals surface area contributed by atoms with E-state index in [9.17, 15) is 0 Å². The Hall–Kier alpha value is -3.24. The molecule has 0 fully saturated rings. The van der Waals surface area contributed by atoms with Crippen molar-refractivity contribution in [1.29, 1.82) is 0 Å². The summed E-state index contributed by atoms with van der Waals surface area (Å²) in [6.45, 7) is 9.05. The van der Waals surface area contributed by atoms with Crippen LogP contribution in [0.3, 0.4) is 0 Å². The largest absolute Gasteiger partial charge is 0.143 e. The van der Waals surface area contributed by atoms with Crippen LogP contribution in [0, 0.1) is 0 Å². The van der Waals surface area contributed by atoms with Crippen molar-refractivity contribution in [2.45, 2.75) is 39.5 Å². The molecule has 6 aromatic rings. The van der Waals surface area contributed by atoms with Gasteiger partial charge in [-0.2, -0.15) is 0 Å². The molecule has 3 aromatic heterocycles. The molecule has 39 heavy (non-hydrogen) atoms. The highest BCUT2D eigenvalue weighted by Crippen LogP contribution is 2.49. The summed E-state index contributed by atoms with van der Waals surface area (Å²) in [4.78, 5) is 6.82. The molecule has 0 saturated heterocycles. The second kappa shape index (κ2) is 11.1. The molecular formula is C36H32S3. The zero-order valence-corrected chi connectivity index (χ0v) is 25.2. The van der Waals surface area contributed by atoms with E-state index in [0.29, 0.717) is 11.8 Å². The highest BCUT2D eigenvalue weighted by atomic mass is 32.1. The lowest BCUT2D eigenvalue weighted by Crippen LogP contribution is -1.89. The third-order valence-electron chi connectivity index (χ3n) is 7.22. The van der Waals surface area contributed by atoms with Crippen LogP contribution in [0.4, 0.5) is 0 Å². The van der Waals surface area contributed by atoms with Gasteiger partial charge in [0.25, 0.3) is 0 Å². The minimum Gasteiger partial charge on any atom is -0.143 e. The van der Waals surface area contributed by atoms with E-state index in [1.165, 1.54) is 63.3 Å². The molecule has 3 aromatic carbocycles. The lowest BCUT2D eigenvalue weighted by Gasteiger charge is -2.14. The topological polar surface area (TPSA) is 0 Å². The van der Waals surface area contributed by atoms with Gasteiger partial charge in [0.1, 0.15) is 0 Å². The first-order chi connectivity index (χ1) is 19.0. The van der Waals surface area contributed by atoms with Gasteiger partial charge in [0.05, 0.1) is 4.88 Å². The van der Waals surface area contributed by atoms with Gasteiger partial charge in [-0.1, -0.05) is 100 Å². The van der Waals surface area contributed by atoms with Gasteiger partial charge in [-0.05, 0) is 80.9 Å². The van der Waals surface area contributed by atoms with Crippen LogP contribution >= 0.6 is 34.0 Å². The van der Waals surface area contributed by atoms with Gasteiger partial charge >= 0.3 is 0 Å². The predicted octanol–water partition coefficient (Wildman–Crippen LogP) is 12.5. The molecule has 0 radical (unpaired) electrons. The number of thiophene rings is 3. The Kier molecular flexibility index (Phi) is 7.40. The maximum absolute atomic E-state index is 2.43. The van der Waals surface area contributed by atoms with E-state index < -0.39 is 0 Å². The van der Waals surface area contributed by atoms with Gasteiger partial charge in [-0.15, -0.1) is 34.0 Å². The van der Waals surface area contributed by atoms with E-state index in [1.807, 2.05) is 34.0 Å². The van der Waals surface area contributed by atoms with Crippen LogP contribution in [0.15, 0.2) is 109 Å². The maximum Gasteiger partial charge on any atom is 0.0528 e. The summed E-state index contributed by atoms with van der Waals surface area (Å²) < 4.78 is 0. The Labute approximate surface area is 244 Å². The fraction of sp³-hybridized carbons (Fsp3) is 0.167. The molecule has 0 N–H and O–H groups in total. The van der Waals surface area contributed by atoms with E-state index in [-0.39, 0.29) is 0 Å². The first kappa shape index (κ1) is 26.0. The Balaban J connectivity index is 1.55. The van der Waals surface area contributed by atoms with Gasteiger partial charge in [0.2, 0.25) is 0 Å². The van der Waals surface area contributed by atoms with Crippen molar-refractivity contribution in [3.8, 4) is 52.9 Å². The van der Waals surface area contributed by atoms with Crippen molar-refractivity contribution in [1.82, 2.24) is 0 Å². The van der Waals surface area contributed by atoms with Crippen molar-refractivity contribution in [2.75, 3.05) is 0 Å². The van der Waals surface area contributed by atoms with Crippen LogP contribution in [-0.4, -0.2) is 0 Å². The summed E-state index contributed by atoms with van der Waals surface area (Å²) in [7, 11) is 0. The number of benzene rings is 3. The molecule has 0 amide bonds. The van der Waals surface area contributed by atoms with Crippen LogP contribution in [-0.2, 0) is 0 Å². The predicted molar refractivity (Wildman–Crippen MR) is 175 cm³/mol. The minimum absolute atomic E-state index is 0.529. The lowest BCUT2D eigenvalue weighted by molar-refractivity contribution is 0.867. The first-order valence-electron chi connectivity index (χ1n) is 13.6. The van der Waals surface area contributed by atoms with E-state index in [0.717, 1.165) is 0 Å². The summed E-state index contributed by atoms with van der Waals surface area (Å²) in [6, 6.07) is 38.4. The Morgan fingerprint density at radius 3 is 1.92 bits per heavy atom. The highest BCUT2D eigenvalue weighted by Gasteiger charge is 2.20. The minimum atomic E-state index is 0.529. The van der Waals surface area contributed by atoms with E-state index in [1.54, 1.807) is 0 Å². The number of rotatable bonds is 7. The van der Waals surface area contributed by atoms with E-state index in [4.69, 9.17) is 0 Å². The van der Waals surface area contributed by atoms with Crippen LogP contribution in [0.5, 0.6) is 0 Å². The molecule has 0 spiro atoms. The van der Waals surface area contributed by atoms with Crippen molar-refractivity contribution < 1.29 is 0 Å². The zero-order chi connectivity index (χ0) is 26.9. The van der Waals surface area contributed by atoms with Gasteiger partial charge in [-0.25, -0.2) is 0 Å².